The maximum atomic E-state index is 14.3. The van der Waals surface area contributed by atoms with Crippen LogP contribution in [0.3, 0.4) is 0 Å². The van der Waals surface area contributed by atoms with Gasteiger partial charge in [-0.05, 0) is 60.5 Å². The fourth-order valence-electron chi connectivity index (χ4n) is 4.79. The van der Waals surface area contributed by atoms with Gasteiger partial charge in [0.1, 0.15) is 34.5 Å². The van der Waals surface area contributed by atoms with Gasteiger partial charge in [-0.2, -0.15) is 0 Å². The number of aromatic nitrogens is 1. The Balaban J connectivity index is 1.65. The molecule has 1 atom stereocenters. The first kappa shape index (κ1) is 27.2. The minimum atomic E-state index is -0.593. The molecule has 0 aliphatic rings. The second kappa shape index (κ2) is 11.4. The van der Waals surface area contributed by atoms with E-state index in [0.717, 1.165) is 0 Å². The summed E-state index contributed by atoms with van der Waals surface area (Å²) >= 11 is 0. The molecule has 41 heavy (non-hydrogen) atoms. The Morgan fingerprint density at radius 3 is 2.46 bits per heavy atom. The Hall–Kier alpha value is -5.33. The fourth-order valence-corrected chi connectivity index (χ4v) is 4.79. The Kier molecular flexibility index (Phi) is 7.59. The van der Waals surface area contributed by atoms with E-state index in [1.807, 2.05) is 19.1 Å². The van der Waals surface area contributed by atoms with Gasteiger partial charge in [0.25, 0.3) is 0 Å². The van der Waals surface area contributed by atoms with Crippen molar-refractivity contribution >= 4 is 28.0 Å². The van der Waals surface area contributed by atoms with Crippen LogP contribution in [0.1, 0.15) is 29.9 Å². The molecular formula is C33H28FN3O4. The SMILES string of the molecule is C=C=C(c1cc(OC)cc(OC)c1)c1c(N)ccnc1NC(C)c1oc2ccccc2c(=O)c1-c1cccc(F)c1. The molecule has 8 heteroatoms. The number of nitrogen functional groups attached to an aromatic ring is 1. The van der Waals surface area contributed by atoms with Crippen molar-refractivity contribution in [2.45, 2.75) is 13.0 Å². The van der Waals surface area contributed by atoms with Gasteiger partial charge in [-0.1, -0.05) is 30.8 Å². The predicted molar refractivity (Wildman–Crippen MR) is 160 cm³/mol. The van der Waals surface area contributed by atoms with Crippen LogP contribution in [0.5, 0.6) is 11.5 Å². The zero-order valence-electron chi connectivity index (χ0n) is 22.8. The van der Waals surface area contributed by atoms with E-state index in [1.54, 1.807) is 68.9 Å². The number of hydrogen-bond acceptors (Lipinski definition) is 7. The minimum absolute atomic E-state index is 0.255. The molecule has 0 saturated heterocycles. The van der Waals surface area contributed by atoms with E-state index in [9.17, 15) is 9.18 Å². The van der Waals surface area contributed by atoms with E-state index in [1.165, 1.54) is 12.1 Å². The average molecular weight is 550 g/mol. The molecule has 5 rings (SSSR count). The van der Waals surface area contributed by atoms with Crippen molar-refractivity contribution in [2.75, 3.05) is 25.3 Å². The van der Waals surface area contributed by atoms with E-state index in [-0.39, 0.29) is 11.0 Å². The number of para-hydroxylation sites is 1. The highest BCUT2D eigenvalue weighted by Gasteiger charge is 2.24. The van der Waals surface area contributed by atoms with Crippen LogP contribution in [0.4, 0.5) is 15.9 Å². The Labute approximate surface area is 236 Å². The minimum Gasteiger partial charge on any atom is -0.497 e. The zero-order chi connectivity index (χ0) is 29.1. The van der Waals surface area contributed by atoms with Crippen molar-refractivity contribution in [2.24, 2.45) is 0 Å². The van der Waals surface area contributed by atoms with E-state index in [2.05, 4.69) is 22.6 Å². The maximum absolute atomic E-state index is 14.3. The topological polar surface area (TPSA) is 99.6 Å². The highest BCUT2D eigenvalue weighted by molar-refractivity contribution is 5.91. The molecule has 2 aromatic heterocycles. The van der Waals surface area contributed by atoms with Gasteiger partial charge in [0.2, 0.25) is 5.43 Å². The number of ether oxygens (including phenoxy) is 2. The molecule has 0 bridgehead atoms. The van der Waals surface area contributed by atoms with E-state index in [4.69, 9.17) is 19.6 Å². The Morgan fingerprint density at radius 2 is 1.78 bits per heavy atom. The molecule has 0 saturated carbocycles. The number of hydrogen-bond donors (Lipinski definition) is 2. The lowest BCUT2D eigenvalue weighted by Gasteiger charge is -2.21. The fraction of sp³-hybridized carbons (Fsp3) is 0.121. The van der Waals surface area contributed by atoms with Crippen LogP contribution in [0.25, 0.3) is 27.7 Å². The van der Waals surface area contributed by atoms with Crippen LogP contribution >= 0.6 is 0 Å². The van der Waals surface area contributed by atoms with Gasteiger partial charge in [-0.25, -0.2) is 9.37 Å². The molecule has 0 radical (unpaired) electrons. The summed E-state index contributed by atoms with van der Waals surface area (Å²) in [7, 11) is 3.13. The lowest BCUT2D eigenvalue weighted by atomic mass is 9.96. The normalized spacial score (nSPS) is 11.5. The molecule has 3 aromatic carbocycles. The molecule has 206 valence electrons. The highest BCUT2D eigenvalue weighted by Crippen LogP contribution is 2.38. The van der Waals surface area contributed by atoms with Crippen molar-refractivity contribution in [3.63, 3.8) is 0 Å². The largest absolute Gasteiger partial charge is 0.497 e. The maximum Gasteiger partial charge on any atom is 0.200 e. The molecule has 0 fully saturated rings. The van der Waals surface area contributed by atoms with Crippen LogP contribution in [0, 0.1) is 5.82 Å². The monoisotopic (exact) mass is 549 g/mol. The van der Waals surface area contributed by atoms with E-state index >= 15 is 0 Å². The van der Waals surface area contributed by atoms with Crippen LogP contribution < -0.4 is 26.0 Å². The lowest BCUT2D eigenvalue weighted by molar-refractivity contribution is 0.394. The number of nitrogens with two attached hydrogens (primary N) is 1. The number of methoxy groups -OCH3 is 2. The smallest absolute Gasteiger partial charge is 0.200 e. The summed E-state index contributed by atoms with van der Waals surface area (Å²) in [4.78, 5) is 18.3. The number of benzene rings is 3. The van der Waals surface area contributed by atoms with Crippen molar-refractivity contribution in [1.29, 1.82) is 0 Å². The standard InChI is InChI=1S/C33H28FN3O4/c1-5-25(21-16-23(39-3)18-24(17-21)40-4)30-27(35)13-14-36-33(30)37-19(2)32-29(20-9-8-10-22(34)15-20)31(38)26-11-6-7-12-28(26)41-32/h6-19H,1H2,2-4H3,(H3,35,36,37). The number of fused-ring (bicyclic) bond motifs is 1. The van der Waals surface area contributed by atoms with Gasteiger partial charge in [-0.15, -0.1) is 5.73 Å². The molecule has 0 aliphatic carbocycles. The van der Waals surface area contributed by atoms with Crippen LogP contribution in [-0.4, -0.2) is 19.2 Å². The molecular weight excluding hydrogens is 521 g/mol. The zero-order valence-corrected chi connectivity index (χ0v) is 22.8. The summed E-state index contributed by atoms with van der Waals surface area (Å²) in [6.45, 7) is 5.73. The summed E-state index contributed by atoms with van der Waals surface area (Å²) in [5.41, 5.74) is 12.5. The first-order chi connectivity index (χ1) is 19.8. The Morgan fingerprint density at radius 1 is 1.05 bits per heavy atom. The van der Waals surface area contributed by atoms with Gasteiger partial charge in [0.05, 0.1) is 36.8 Å². The van der Waals surface area contributed by atoms with E-state index in [0.29, 0.717) is 62.0 Å². The molecule has 0 amide bonds. The third-order valence-electron chi connectivity index (χ3n) is 6.73. The second-order valence-corrected chi connectivity index (χ2v) is 9.32. The quantitative estimate of drug-likeness (QED) is 0.201. The summed E-state index contributed by atoms with van der Waals surface area (Å²) in [6, 6.07) is 19.3. The molecule has 0 aliphatic heterocycles. The molecule has 3 N–H and O–H groups in total. The highest BCUT2D eigenvalue weighted by atomic mass is 19.1. The Bertz CT molecular complexity index is 1850. The van der Waals surface area contributed by atoms with Crippen molar-refractivity contribution in [1.82, 2.24) is 4.98 Å². The molecule has 1 unspecified atom stereocenters. The number of anilines is 2. The molecule has 7 nitrogen and oxygen atoms in total. The predicted octanol–water partition coefficient (Wildman–Crippen LogP) is 6.98. The third kappa shape index (κ3) is 5.29. The molecule has 0 spiro atoms. The van der Waals surface area contributed by atoms with Gasteiger partial charge in [-0.3, -0.25) is 4.79 Å². The average Bonchev–Trinajstić information content (AvgIpc) is 2.98. The molecule has 5 aromatic rings. The summed E-state index contributed by atoms with van der Waals surface area (Å²) in [5, 5.41) is 3.75. The van der Waals surface area contributed by atoms with Crippen molar-refractivity contribution in [3.05, 3.63) is 124 Å². The number of nitrogens with zero attached hydrogens (tertiary/aromatic N) is 1. The van der Waals surface area contributed by atoms with Gasteiger partial charge < -0.3 is 24.9 Å². The summed E-state index contributed by atoms with van der Waals surface area (Å²) in [6.07, 6.45) is 1.57. The first-order valence-electron chi connectivity index (χ1n) is 12.8. The van der Waals surface area contributed by atoms with Crippen LogP contribution in [-0.2, 0) is 0 Å². The second-order valence-electron chi connectivity index (χ2n) is 9.32. The third-order valence-corrected chi connectivity index (χ3v) is 6.73. The summed E-state index contributed by atoms with van der Waals surface area (Å²) in [5.74, 6) is 1.43. The number of halogens is 1. The number of nitrogens with one attached hydrogen (secondary N) is 1. The van der Waals surface area contributed by atoms with Gasteiger partial charge >= 0.3 is 0 Å². The van der Waals surface area contributed by atoms with Crippen molar-refractivity contribution in [3.8, 4) is 22.6 Å². The number of pyridine rings is 1. The number of rotatable bonds is 8. The van der Waals surface area contributed by atoms with Crippen LogP contribution in [0.15, 0.2) is 101 Å². The summed E-state index contributed by atoms with van der Waals surface area (Å²) < 4.78 is 31.5. The first-order valence-corrected chi connectivity index (χ1v) is 12.8. The van der Waals surface area contributed by atoms with Gasteiger partial charge in [0, 0.05) is 23.5 Å². The van der Waals surface area contributed by atoms with Gasteiger partial charge in [0.15, 0.2) is 0 Å². The van der Waals surface area contributed by atoms with E-state index < -0.39 is 11.9 Å². The van der Waals surface area contributed by atoms with Crippen molar-refractivity contribution < 1.29 is 18.3 Å². The molecule has 2 heterocycles. The van der Waals surface area contributed by atoms with Crippen LogP contribution in [0.2, 0.25) is 0 Å². The lowest BCUT2D eigenvalue weighted by Crippen LogP contribution is -2.17.